The smallest absolute Gasteiger partial charge is 0.227 e. The second kappa shape index (κ2) is 14.2. The highest BCUT2D eigenvalue weighted by atomic mass is 16.4. The minimum absolute atomic E-state index is 0.0442. The summed E-state index contributed by atoms with van der Waals surface area (Å²) in [5, 5.41) is 0. The minimum Gasteiger partial charge on any atom is -0.435 e. The molecular weight excluding hydrogens is 685 g/mol. The maximum Gasteiger partial charge on any atom is 0.227 e. The van der Waals surface area contributed by atoms with Crippen LogP contribution in [0.3, 0.4) is 0 Å². The summed E-state index contributed by atoms with van der Waals surface area (Å²) in [6, 6.07) is 42.9. The van der Waals surface area contributed by atoms with E-state index < -0.39 is 0 Å². The standard InChI is InChI=1S/C52H56N2O2/c1-49(2,3)39-24-16-33(17-25-39)43-45(35-20-28-41(29-21-35)51(7,8)9)55-47(53-43)37-14-13-15-38(32-37)48-54-44(34-18-26-40(27-19-34)50(4,5)6)46(56-48)36-22-30-42(31-23-36)52(10,11)12/h13-32H,1-12H3. The summed E-state index contributed by atoms with van der Waals surface area (Å²) in [5.41, 5.74) is 12.6. The first-order valence-electron chi connectivity index (χ1n) is 19.8. The van der Waals surface area contributed by atoms with Gasteiger partial charge in [-0.05, 0) is 62.1 Å². The highest BCUT2D eigenvalue weighted by Crippen LogP contribution is 2.41. The Bertz CT molecular complexity index is 2130. The van der Waals surface area contributed by atoms with Gasteiger partial charge < -0.3 is 8.83 Å². The van der Waals surface area contributed by atoms with Crippen molar-refractivity contribution >= 4 is 0 Å². The first-order chi connectivity index (χ1) is 26.3. The molecule has 5 aromatic carbocycles. The molecule has 2 heterocycles. The van der Waals surface area contributed by atoms with Crippen LogP contribution in [0.25, 0.3) is 68.1 Å². The molecule has 0 radical (unpaired) electrons. The topological polar surface area (TPSA) is 52.1 Å². The lowest BCUT2D eigenvalue weighted by Crippen LogP contribution is -2.10. The van der Waals surface area contributed by atoms with E-state index in [0.29, 0.717) is 11.8 Å². The van der Waals surface area contributed by atoms with Gasteiger partial charge in [0, 0.05) is 33.4 Å². The van der Waals surface area contributed by atoms with Crippen molar-refractivity contribution in [2.75, 3.05) is 0 Å². The van der Waals surface area contributed by atoms with Crippen molar-refractivity contribution in [3.63, 3.8) is 0 Å². The molecule has 7 aromatic rings. The number of nitrogens with zero attached hydrogens (tertiary/aromatic N) is 2. The van der Waals surface area contributed by atoms with E-state index in [1.54, 1.807) is 0 Å². The molecule has 2 aromatic heterocycles. The van der Waals surface area contributed by atoms with Crippen LogP contribution >= 0.6 is 0 Å². The average molecular weight is 741 g/mol. The third-order valence-electron chi connectivity index (χ3n) is 10.7. The SMILES string of the molecule is CC(C)(C)c1ccc(-c2nc(-c3cccc(-c4nc(-c5ccc(C(C)(C)C)cc5)c(-c5ccc(C(C)(C)C)cc5)o4)c3)oc2-c2ccc(C(C)(C)C)cc2)cc1. The molecule has 0 saturated carbocycles. The summed E-state index contributed by atoms with van der Waals surface area (Å²) >= 11 is 0. The summed E-state index contributed by atoms with van der Waals surface area (Å²) in [4.78, 5) is 10.4. The van der Waals surface area contributed by atoms with E-state index in [1.165, 1.54) is 22.3 Å². The quantitative estimate of drug-likeness (QED) is 0.170. The number of hydrogen-bond acceptors (Lipinski definition) is 4. The van der Waals surface area contributed by atoms with Gasteiger partial charge in [0.05, 0.1) is 0 Å². The molecule has 0 saturated heterocycles. The first kappa shape index (κ1) is 38.8. The molecule has 0 N–H and O–H groups in total. The summed E-state index contributed by atoms with van der Waals surface area (Å²) in [6.45, 7) is 26.8. The van der Waals surface area contributed by atoms with Crippen LogP contribution in [0.15, 0.2) is 130 Å². The van der Waals surface area contributed by atoms with E-state index in [9.17, 15) is 0 Å². The summed E-state index contributed by atoms with van der Waals surface area (Å²) in [5.74, 6) is 2.57. The first-order valence-corrected chi connectivity index (χ1v) is 19.8. The lowest BCUT2D eigenvalue weighted by atomic mass is 9.86. The molecule has 4 nitrogen and oxygen atoms in total. The van der Waals surface area contributed by atoms with E-state index in [-0.39, 0.29) is 21.7 Å². The van der Waals surface area contributed by atoms with Crippen LogP contribution in [0.5, 0.6) is 0 Å². The van der Waals surface area contributed by atoms with Crippen molar-refractivity contribution in [1.82, 2.24) is 9.97 Å². The number of aromatic nitrogens is 2. The van der Waals surface area contributed by atoms with Gasteiger partial charge in [-0.25, -0.2) is 9.97 Å². The Balaban J connectivity index is 1.32. The molecule has 56 heavy (non-hydrogen) atoms. The summed E-state index contributed by atoms with van der Waals surface area (Å²) < 4.78 is 13.5. The average Bonchev–Trinajstić information content (AvgIpc) is 3.80. The molecule has 286 valence electrons. The molecule has 4 heteroatoms. The van der Waals surface area contributed by atoms with Gasteiger partial charge in [0.1, 0.15) is 11.4 Å². The zero-order valence-corrected chi connectivity index (χ0v) is 35.3. The van der Waals surface area contributed by atoms with Crippen molar-refractivity contribution in [3.05, 3.63) is 144 Å². The maximum absolute atomic E-state index is 6.74. The fourth-order valence-corrected chi connectivity index (χ4v) is 6.95. The van der Waals surface area contributed by atoms with Crippen molar-refractivity contribution in [2.24, 2.45) is 0 Å². The number of rotatable bonds is 6. The Morgan fingerprint density at radius 3 is 0.857 bits per heavy atom. The van der Waals surface area contributed by atoms with Gasteiger partial charge in [0.15, 0.2) is 11.5 Å². The fourth-order valence-electron chi connectivity index (χ4n) is 6.95. The Labute approximate surface area is 334 Å². The van der Waals surface area contributed by atoms with Crippen molar-refractivity contribution in [3.8, 4) is 68.1 Å². The number of oxazole rings is 2. The normalized spacial score (nSPS) is 12.6. The molecule has 0 amide bonds. The van der Waals surface area contributed by atoms with Gasteiger partial charge in [-0.3, -0.25) is 0 Å². The zero-order chi connectivity index (χ0) is 40.2. The van der Waals surface area contributed by atoms with Crippen LogP contribution in [0, 0.1) is 0 Å². The van der Waals surface area contributed by atoms with E-state index in [4.69, 9.17) is 18.8 Å². The number of benzene rings is 5. The van der Waals surface area contributed by atoms with Gasteiger partial charge in [0.25, 0.3) is 0 Å². The van der Waals surface area contributed by atoms with Gasteiger partial charge in [-0.2, -0.15) is 0 Å². The predicted octanol–water partition coefficient (Wildman–Crippen LogP) is 14.9. The van der Waals surface area contributed by atoms with E-state index in [1.807, 2.05) is 18.2 Å². The summed E-state index contributed by atoms with van der Waals surface area (Å²) in [7, 11) is 0. The molecule has 0 bridgehead atoms. The van der Waals surface area contributed by atoms with Crippen LogP contribution in [0.1, 0.15) is 105 Å². The van der Waals surface area contributed by atoms with Crippen molar-refractivity contribution < 1.29 is 8.83 Å². The van der Waals surface area contributed by atoms with Gasteiger partial charge in [0.2, 0.25) is 11.8 Å². The Morgan fingerprint density at radius 1 is 0.321 bits per heavy atom. The lowest BCUT2D eigenvalue weighted by molar-refractivity contribution is 0.583. The molecule has 0 aliphatic rings. The predicted molar refractivity (Wildman–Crippen MR) is 234 cm³/mol. The van der Waals surface area contributed by atoms with Gasteiger partial charge in [-0.15, -0.1) is 0 Å². The third-order valence-corrected chi connectivity index (χ3v) is 10.7. The minimum atomic E-state index is 0.0442. The van der Waals surface area contributed by atoms with E-state index in [0.717, 1.165) is 56.3 Å². The molecule has 0 aliphatic carbocycles. The Kier molecular flexibility index (Phi) is 9.85. The molecule has 0 fully saturated rings. The molecule has 0 atom stereocenters. The van der Waals surface area contributed by atoms with Crippen LogP contribution in [-0.4, -0.2) is 9.97 Å². The second-order valence-corrected chi connectivity index (χ2v) is 19.3. The van der Waals surface area contributed by atoms with Crippen LogP contribution < -0.4 is 0 Å². The molecular formula is C52H56N2O2. The lowest BCUT2D eigenvalue weighted by Gasteiger charge is -2.19. The van der Waals surface area contributed by atoms with Crippen LogP contribution in [0.2, 0.25) is 0 Å². The van der Waals surface area contributed by atoms with Crippen molar-refractivity contribution in [1.29, 1.82) is 0 Å². The summed E-state index contributed by atoms with van der Waals surface area (Å²) in [6.07, 6.45) is 0. The number of hydrogen-bond donors (Lipinski definition) is 0. The van der Waals surface area contributed by atoms with Crippen LogP contribution in [-0.2, 0) is 21.7 Å². The van der Waals surface area contributed by atoms with Gasteiger partial charge in [-0.1, -0.05) is 186 Å². The molecule has 0 aliphatic heterocycles. The molecule has 0 spiro atoms. The third kappa shape index (κ3) is 8.07. The monoisotopic (exact) mass is 740 g/mol. The maximum atomic E-state index is 6.74. The van der Waals surface area contributed by atoms with E-state index in [2.05, 4.69) is 186 Å². The van der Waals surface area contributed by atoms with Crippen LogP contribution in [0.4, 0.5) is 0 Å². The largest absolute Gasteiger partial charge is 0.435 e. The highest BCUT2D eigenvalue weighted by molar-refractivity contribution is 5.82. The fraction of sp³-hybridized carbons (Fsp3) is 0.308. The molecule has 0 unspecified atom stereocenters. The highest BCUT2D eigenvalue weighted by Gasteiger charge is 2.24. The van der Waals surface area contributed by atoms with E-state index >= 15 is 0 Å². The zero-order valence-electron chi connectivity index (χ0n) is 35.3. The molecule has 7 rings (SSSR count). The van der Waals surface area contributed by atoms with Gasteiger partial charge >= 0.3 is 0 Å². The van der Waals surface area contributed by atoms with Crippen molar-refractivity contribution in [2.45, 2.75) is 105 Å². The second-order valence-electron chi connectivity index (χ2n) is 19.3. The Morgan fingerprint density at radius 2 is 0.589 bits per heavy atom. The Hall–Kier alpha value is -5.48.